The standard InChI is InChI=1S/C17H29NO3/c19-15(20)12-17(10-6-3-7-11-17)13-18-16(21)14-8-4-1-2-5-9-14/h14H,1-13H2,(H,18,21)(H,19,20). The van der Waals surface area contributed by atoms with Gasteiger partial charge < -0.3 is 10.4 Å². The van der Waals surface area contributed by atoms with Crippen molar-refractivity contribution in [2.75, 3.05) is 6.54 Å². The van der Waals surface area contributed by atoms with Gasteiger partial charge in [-0.1, -0.05) is 44.9 Å². The smallest absolute Gasteiger partial charge is 0.303 e. The van der Waals surface area contributed by atoms with Gasteiger partial charge in [-0.25, -0.2) is 0 Å². The van der Waals surface area contributed by atoms with Gasteiger partial charge in [-0.2, -0.15) is 0 Å². The molecule has 2 rings (SSSR count). The third-order valence-electron chi connectivity index (χ3n) is 5.30. The first-order valence-corrected chi connectivity index (χ1v) is 8.61. The molecule has 1 amide bonds. The minimum atomic E-state index is -0.736. The molecule has 0 radical (unpaired) electrons. The predicted octanol–water partition coefficient (Wildman–Crippen LogP) is 3.50. The minimum absolute atomic E-state index is 0.151. The van der Waals surface area contributed by atoms with Crippen molar-refractivity contribution in [2.24, 2.45) is 11.3 Å². The molecular formula is C17H29NO3. The maximum Gasteiger partial charge on any atom is 0.303 e. The molecule has 0 heterocycles. The molecule has 2 aliphatic rings. The molecule has 0 bridgehead atoms. The summed E-state index contributed by atoms with van der Waals surface area (Å²) in [4.78, 5) is 23.5. The lowest BCUT2D eigenvalue weighted by atomic mass is 9.71. The highest BCUT2D eigenvalue weighted by molar-refractivity contribution is 5.78. The van der Waals surface area contributed by atoms with Crippen LogP contribution in [0.15, 0.2) is 0 Å². The van der Waals surface area contributed by atoms with Crippen LogP contribution in [0, 0.1) is 11.3 Å². The van der Waals surface area contributed by atoms with Crippen LogP contribution in [0.1, 0.15) is 77.0 Å². The molecule has 0 spiro atoms. The van der Waals surface area contributed by atoms with E-state index in [1.807, 2.05) is 0 Å². The van der Waals surface area contributed by atoms with Crippen LogP contribution in [0.2, 0.25) is 0 Å². The number of rotatable bonds is 5. The van der Waals surface area contributed by atoms with Gasteiger partial charge in [0.1, 0.15) is 0 Å². The number of hydrogen-bond donors (Lipinski definition) is 2. The van der Waals surface area contributed by atoms with Gasteiger partial charge in [0, 0.05) is 12.5 Å². The fourth-order valence-electron chi connectivity index (χ4n) is 4.00. The summed E-state index contributed by atoms with van der Waals surface area (Å²) in [5.41, 5.74) is -0.204. The zero-order chi connectivity index (χ0) is 15.1. The Hall–Kier alpha value is -1.06. The first kappa shape index (κ1) is 16.3. The molecule has 2 saturated carbocycles. The Labute approximate surface area is 127 Å². The Morgan fingerprint density at radius 3 is 2.10 bits per heavy atom. The van der Waals surface area contributed by atoms with E-state index in [4.69, 9.17) is 5.11 Å². The minimum Gasteiger partial charge on any atom is -0.481 e. The monoisotopic (exact) mass is 295 g/mol. The van der Waals surface area contributed by atoms with Gasteiger partial charge in [0.15, 0.2) is 0 Å². The molecule has 0 aliphatic heterocycles. The highest BCUT2D eigenvalue weighted by Gasteiger charge is 2.35. The summed E-state index contributed by atoms with van der Waals surface area (Å²) in [6, 6.07) is 0. The van der Waals surface area contributed by atoms with E-state index in [0.717, 1.165) is 51.4 Å². The number of carboxylic acid groups (broad SMARTS) is 1. The number of carbonyl (C=O) groups is 2. The van der Waals surface area contributed by atoms with Crippen molar-refractivity contribution in [1.82, 2.24) is 5.32 Å². The molecule has 21 heavy (non-hydrogen) atoms. The number of nitrogens with one attached hydrogen (secondary N) is 1. The zero-order valence-electron chi connectivity index (χ0n) is 13.0. The van der Waals surface area contributed by atoms with E-state index in [1.54, 1.807) is 0 Å². The zero-order valence-corrected chi connectivity index (χ0v) is 13.0. The highest BCUT2D eigenvalue weighted by Crippen LogP contribution is 2.39. The van der Waals surface area contributed by atoms with Crippen LogP contribution < -0.4 is 5.32 Å². The summed E-state index contributed by atoms with van der Waals surface area (Å²) in [7, 11) is 0. The molecule has 0 aromatic carbocycles. The van der Waals surface area contributed by atoms with E-state index in [-0.39, 0.29) is 23.7 Å². The van der Waals surface area contributed by atoms with Crippen LogP contribution in [-0.4, -0.2) is 23.5 Å². The van der Waals surface area contributed by atoms with Crippen molar-refractivity contribution in [2.45, 2.75) is 77.0 Å². The van der Waals surface area contributed by atoms with Gasteiger partial charge in [-0.3, -0.25) is 9.59 Å². The Morgan fingerprint density at radius 2 is 1.52 bits per heavy atom. The average molecular weight is 295 g/mol. The molecule has 4 heteroatoms. The topological polar surface area (TPSA) is 66.4 Å². The molecule has 4 nitrogen and oxygen atoms in total. The van der Waals surface area contributed by atoms with Crippen molar-refractivity contribution in [1.29, 1.82) is 0 Å². The molecule has 2 aliphatic carbocycles. The second-order valence-electron chi connectivity index (χ2n) is 7.04. The first-order chi connectivity index (χ1) is 10.1. The Bertz CT molecular complexity index is 353. The summed E-state index contributed by atoms with van der Waals surface area (Å²) in [5.74, 6) is -0.425. The molecule has 0 unspecified atom stereocenters. The van der Waals surface area contributed by atoms with Crippen molar-refractivity contribution in [3.8, 4) is 0 Å². The number of carboxylic acids is 1. The quantitative estimate of drug-likeness (QED) is 0.763. The van der Waals surface area contributed by atoms with Crippen molar-refractivity contribution in [3.63, 3.8) is 0 Å². The molecule has 2 N–H and O–H groups in total. The second-order valence-corrected chi connectivity index (χ2v) is 7.04. The summed E-state index contributed by atoms with van der Waals surface area (Å²) in [5, 5.41) is 12.3. The van der Waals surface area contributed by atoms with Gasteiger partial charge >= 0.3 is 5.97 Å². The van der Waals surface area contributed by atoms with Crippen LogP contribution in [0.5, 0.6) is 0 Å². The van der Waals surface area contributed by atoms with Gasteiger partial charge in [-0.15, -0.1) is 0 Å². The van der Waals surface area contributed by atoms with E-state index in [9.17, 15) is 9.59 Å². The van der Waals surface area contributed by atoms with Crippen LogP contribution in [0.3, 0.4) is 0 Å². The Kier molecular flexibility index (Phi) is 6.07. The molecule has 0 saturated heterocycles. The molecule has 0 aromatic rings. The van der Waals surface area contributed by atoms with Crippen LogP contribution in [0.25, 0.3) is 0 Å². The molecule has 2 fully saturated rings. The number of amides is 1. The van der Waals surface area contributed by atoms with E-state index >= 15 is 0 Å². The fourth-order valence-corrected chi connectivity index (χ4v) is 4.00. The van der Waals surface area contributed by atoms with E-state index < -0.39 is 5.97 Å². The molecular weight excluding hydrogens is 266 g/mol. The predicted molar refractivity (Wildman–Crippen MR) is 82.0 cm³/mol. The summed E-state index contributed by atoms with van der Waals surface area (Å²) < 4.78 is 0. The average Bonchev–Trinajstić information content (AvgIpc) is 2.74. The SMILES string of the molecule is O=C(O)CC1(CNC(=O)C2CCCCCC2)CCCCC1. The molecule has 0 aromatic heterocycles. The van der Waals surface area contributed by atoms with Crippen LogP contribution in [-0.2, 0) is 9.59 Å². The number of aliphatic carboxylic acids is 1. The summed E-state index contributed by atoms with van der Waals surface area (Å²) in [6.07, 6.45) is 12.2. The van der Waals surface area contributed by atoms with Crippen molar-refractivity contribution < 1.29 is 14.7 Å². The highest BCUT2D eigenvalue weighted by atomic mass is 16.4. The summed E-state index contributed by atoms with van der Waals surface area (Å²) >= 11 is 0. The van der Waals surface area contributed by atoms with Crippen LogP contribution in [0.4, 0.5) is 0 Å². The maximum absolute atomic E-state index is 12.4. The maximum atomic E-state index is 12.4. The lowest BCUT2D eigenvalue weighted by Gasteiger charge is -2.36. The van der Waals surface area contributed by atoms with Crippen LogP contribution >= 0.6 is 0 Å². The third kappa shape index (κ3) is 5.01. The lowest BCUT2D eigenvalue weighted by molar-refractivity contribution is -0.141. The summed E-state index contributed by atoms with van der Waals surface area (Å²) in [6.45, 7) is 0.550. The molecule has 0 atom stereocenters. The second kappa shape index (κ2) is 7.81. The van der Waals surface area contributed by atoms with E-state index in [2.05, 4.69) is 5.32 Å². The van der Waals surface area contributed by atoms with E-state index in [0.29, 0.717) is 6.54 Å². The van der Waals surface area contributed by atoms with Gasteiger partial charge in [-0.05, 0) is 31.1 Å². The van der Waals surface area contributed by atoms with Crippen molar-refractivity contribution in [3.05, 3.63) is 0 Å². The molecule has 120 valence electrons. The fraction of sp³-hybridized carbons (Fsp3) is 0.882. The third-order valence-corrected chi connectivity index (χ3v) is 5.30. The van der Waals surface area contributed by atoms with Gasteiger partial charge in [0.2, 0.25) is 5.91 Å². The number of hydrogen-bond acceptors (Lipinski definition) is 2. The van der Waals surface area contributed by atoms with Gasteiger partial charge in [0.05, 0.1) is 6.42 Å². The lowest BCUT2D eigenvalue weighted by Crippen LogP contribution is -2.42. The number of carbonyl (C=O) groups excluding carboxylic acids is 1. The van der Waals surface area contributed by atoms with Crippen molar-refractivity contribution >= 4 is 11.9 Å². The van der Waals surface area contributed by atoms with Gasteiger partial charge in [0.25, 0.3) is 0 Å². The Morgan fingerprint density at radius 1 is 0.952 bits per heavy atom. The first-order valence-electron chi connectivity index (χ1n) is 8.61. The normalized spacial score (nSPS) is 23.2. The Balaban J connectivity index is 1.88. The largest absolute Gasteiger partial charge is 0.481 e. The van der Waals surface area contributed by atoms with E-state index in [1.165, 1.54) is 19.3 Å².